The molecule has 1 aromatic carbocycles. The first-order valence-electron chi connectivity index (χ1n) is 6.75. The maximum atomic E-state index is 9.74. The zero-order valence-corrected chi connectivity index (χ0v) is 12.3. The second-order valence-corrected chi connectivity index (χ2v) is 4.99. The molecule has 1 unspecified atom stereocenters. The van der Waals surface area contributed by atoms with Crippen LogP contribution in [0.2, 0.25) is 0 Å². The highest BCUT2D eigenvalue weighted by Crippen LogP contribution is 2.36. The van der Waals surface area contributed by atoms with Gasteiger partial charge in [0.15, 0.2) is 0 Å². The van der Waals surface area contributed by atoms with E-state index in [-0.39, 0.29) is 0 Å². The molecule has 0 bridgehead atoms. The Morgan fingerprint density at radius 1 is 1.25 bits per heavy atom. The smallest absolute Gasteiger partial charge is 0.135 e. The molecule has 5 heteroatoms. The molecule has 1 saturated heterocycles. The van der Waals surface area contributed by atoms with Gasteiger partial charge < -0.3 is 14.8 Å². The summed E-state index contributed by atoms with van der Waals surface area (Å²) in [6.45, 7) is 5.44. The van der Waals surface area contributed by atoms with Gasteiger partial charge in [0, 0.05) is 37.8 Å². The van der Waals surface area contributed by atoms with Gasteiger partial charge >= 0.3 is 0 Å². The number of hydrogen-bond donors (Lipinski definition) is 1. The molecule has 5 nitrogen and oxygen atoms in total. The molecule has 0 aromatic heterocycles. The number of piperazine rings is 1. The molecule has 108 valence electrons. The number of hydrogen-bond acceptors (Lipinski definition) is 5. The van der Waals surface area contributed by atoms with E-state index in [9.17, 15) is 5.26 Å². The van der Waals surface area contributed by atoms with Crippen LogP contribution in [-0.2, 0) is 5.54 Å². The molecule has 1 aromatic rings. The lowest BCUT2D eigenvalue weighted by molar-refractivity contribution is 0.130. The standard InChI is InChI=1S/C15H21N3O2/c1-15(11-16,18-8-6-17-7-9-18)13-5-4-12(19-2)10-14(13)20-3/h4-5,10,17H,6-9H2,1-3H3. The monoisotopic (exact) mass is 275 g/mol. The number of methoxy groups -OCH3 is 2. The summed E-state index contributed by atoms with van der Waals surface area (Å²) < 4.78 is 10.7. The van der Waals surface area contributed by atoms with Gasteiger partial charge in [-0.2, -0.15) is 5.26 Å². The van der Waals surface area contributed by atoms with Crippen molar-refractivity contribution in [3.8, 4) is 17.6 Å². The van der Waals surface area contributed by atoms with Crippen molar-refractivity contribution in [1.82, 2.24) is 10.2 Å². The Balaban J connectivity index is 2.42. The van der Waals surface area contributed by atoms with E-state index in [1.54, 1.807) is 14.2 Å². The minimum Gasteiger partial charge on any atom is -0.497 e. The first-order chi connectivity index (χ1) is 9.65. The summed E-state index contributed by atoms with van der Waals surface area (Å²) in [6, 6.07) is 8.07. The molecule has 0 amide bonds. The zero-order chi connectivity index (χ0) is 14.6. The fourth-order valence-electron chi connectivity index (χ4n) is 2.61. The van der Waals surface area contributed by atoms with Gasteiger partial charge in [0.1, 0.15) is 17.0 Å². The summed E-state index contributed by atoms with van der Waals surface area (Å²) in [7, 11) is 3.24. The number of nitriles is 1. The van der Waals surface area contributed by atoms with E-state index in [0.29, 0.717) is 5.75 Å². The molecule has 1 N–H and O–H groups in total. The van der Waals surface area contributed by atoms with Crippen LogP contribution in [0.5, 0.6) is 11.5 Å². The minimum atomic E-state index is -0.695. The zero-order valence-electron chi connectivity index (χ0n) is 12.3. The molecule has 0 radical (unpaired) electrons. The summed E-state index contributed by atoms with van der Waals surface area (Å²) in [5, 5.41) is 13.0. The maximum Gasteiger partial charge on any atom is 0.135 e. The van der Waals surface area contributed by atoms with Crippen LogP contribution in [0.15, 0.2) is 18.2 Å². The van der Waals surface area contributed by atoms with E-state index in [1.807, 2.05) is 25.1 Å². The number of nitrogens with zero attached hydrogens (tertiary/aromatic N) is 2. The molecule has 0 spiro atoms. The van der Waals surface area contributed by atoms with Gasteiger partial charge in [-0.3, -0.25) is 4.90 Å². The van der Waals surface area contributed by atoms with Crippen molar-refractivity contribution in [2.45, 2.75) is 12.5 Å². The highest BCUT2D eigenvalue weighted by molar-refractivity contribution is 5.47. The third kappa shape index (κ3) is 2.58. The van der Waals surface area contributed by atoms with Crippen molar-refractivity contribution in [3.05, 3.63) is 23.8 Å². The SMILES string of the molecule is COc1ccc(C(C)(C#N)N2CCNCC2)c(OC)c1. The number of ether oxygens (including phenoxy) is 2. The normalized spacial score (nSPS) is 18.9. The van der Waals surface area contributed by atoms with Crippen molar-refractivity contribution in [2.75, 3.05) is 40.4 Å². The molecule has 1 aliphatic heterocycles. The Bertz CT molecular complexity index is 506. The molecular weight excluding hydrogens is 254 g/mol. The topological polar surface area (TPSA) is 57.5 Å². The van der Waals surface area contributed by atoms with Gasteiger partial charge in [0.25, 0.3) is 0 Å². The van der Waals surface area contributed by atoms with Crippen LogP contribution in [-0.4, -0.2) is 45.3 Å². The Hall–Kier alpha value is -1.77. The van der Waals surface area contributed by atoms with Gasteiger partial charge in [-0.1, -0.05) is 0 Å². The van der Waals surface area contributed by atoms with Crippen LogP contribution >= 0.6 is 0 Å². The summed E-state index contributed by atoms with van der Waals surface area (Å²) >= 11 is 0. The molecule has 0 aliphatic carbocycles. The van der Waals surface area contributed by atoms with Gasteiger partial charge in [0.2, 0.25) is 0 Å². The number of nitrogens with one attached hydrogen (secondary N) is 1. The molecule has 1 atom stereocenters. The van der Waals surface area contributed by atoms with Gasteiger partial charge in [-0.05, 0) is 19.1 Å². The number of benzene rings is 1. The van der Waals surface area contributed by atoms with E-state index in [2.05, 4.69) is 16.3 Å². The summed E-state index contributed by atoms with van der Waals surface area (Å²) in [6.07, 6.45) is 0. The molecule has 1 fully saturated rings. The maximum absolute atomic E-state index is 9.74. The first-order valence-corrected chi connectivity index (χ1v) is 6.75. The fourth-order valence-corrected chi connectivity index (χ4v) is 2.61. The van der Waals surface area contributed by atoms with E-state index in [0.717, 1.165) is 37.5 Å². The van der Waals surface area contributed by atoms with Crippen LogP contribution in [0.3, 0.4) is 0 Å². The lowest BCUT2D eigenvalue weighted by Crippen LogP contribution is -2.52. The predicted octanol–water partition coefficient (Wildman–Crippen LogP) is 1.35. The molecule has 1 heterocycles. The Kier molecular flexibility index (Phi) is 4.48. The lowest BCUT2D eigenvalue weighted by atomic mass is 9.90. The van der Waals surface area contributed by atoms with Crippen LogP contribution in [0, 0.1) is 11.3 Å². The van der Waals surface area contributed by atoms with Gasteiger partial charge in [-0.15, -0.1) is 0 Å². The second kappa shape index (κ2) is 6.12. The number of rotatable bonds is 4. The largest absolute Gasteiger partial charge is 0.497 e. The highest BCUT2D eigenvalue weighted by atomic mass is 16.5. The van der Waals surface area contributed by atoms with Crippen molar-refractivity contribution in [1.29, 1.82) is 5.26 Å². The third-order valence-electron chi connectivity index (χ3n) is 3.90. The van der Waals surface area contributed by atoms with Crippen molar-refractivity contribution in [2.24, 2.45) is 0 Å². The van der Waals surface area contributed by atoms with E-state index in [4.69, 9.17) is 9.47 Å². The summed E-state index contributed by atoms with van der Waals surface area (Å²) in [5.41, 5.74) is 0.185. The molecule has 2 rings (SSSR count). The summed E-state index contributed by atoms with van der Waals surface area (Å²) in [4.78, 5) is 2.19. The van der Waals surface area contributed by atoms with E-state index >= 15 is 0 Å². The quantitative estimate of drug-likeness (QED) is 0.899. The van der Waals surface area contributed by atoms with Gasteiger partial charge in [-0.25, -0.2) is 0 Å². The van der Waals surface area contributed by atoms with E-state index in [1.165, 1.54) is 0 Å². The van der Waals surface area contributed by atoms with Crippen molar-refractivity contribution in [3.63, 3.8) is 0 Å². The van der Waals surface area contributed by atoms with Crippen LogP contribution < -0.4 is 14.8 Å². The molecular formula is C15H21N3O2. The van der Waals surface area contributed by atoms with Crippen molar-refractivity contribution >= 4 is 0 Å². The van der Waals surface area contributed by atoms with E-state index < -0.39 is 5.54 Å². The molecule has 0 saturated carbocycles. The van der Waals surface area contributed by atoms with Gasteiger partial charge in [0.05, 0.1) is 20.3 Å². The van der Waals surface area contributed by atoms with Crippen LogP contribution in [0.25, 0.3) is 0 Å². The average molecular weight is 275 g/mol. The lowest BCUT2D eigenvalue weighted by Gasteiger charge is -2.39. The van der Waals surface area contributed by atoms with Crippen molar-refractivity contribution < 1.29 is 9.47 Å². The molecule has 20 heavy (non-hydrogen) atoms. The Morgan fingerprint density at radius 2 is 1.95 bits per heavy atom. The third-order valence-corrected chi connectivity index (χ3v) is 3.90. The predicted molar refractivity (Wildman–Crippen MR) is 77.0 cm³/mol. The fraction of sp³-hybridized carbons (Fsp3) is 0.533. The first kappa shape index (κ1) is 14.6. The van der Waals surface area contributed by atoms with Crippen LogP contribution in [0.1, 0.15) is 12.5 Å². The Morgan fingerprint density at radius 3 is 2.50 bits per heavy atom. The Labute approximate surface area is 120 Å². The average Bonchev–Trinajstić information content (AvgIpc) is 2.54. The van der Waals surface area contributed by atoms with Crippen LogP contribution in [0.4, 0.5) is 0 Å². The summed E-state index contributed by atoms with van der Waals surface area (Å²) in [5.74, 6) is 1.41. The molecule has 1 aliphatic rings. The highest BCUT2D eigenvalue weighted by Gasteiger charge is 2.37. The minimum absolute atomic E-state index is 0.687. The second-order valence-electron chi connectivity index (χ2n) is 4.99.